The molecule has 6 rings (SSSR count). The van der Waals surface area contributed by atoms with Crippen LogP contribution >= 0.6 is 0 Å². The number of amides is 1. The van der Waals surface area contributed by atoms with Crippen molar-refractivity contribution in [1.29, 1.82) is 0 Å². The molecule has 1 atom stereocenters. The van der Waals surface area contributed by atoms with Crippen molar-refractivity contribution in [2.24, 2.45) is 7.05 Å². The SMILES string of the molecule is Cc1cn2cc(NC(=O)c3ccc(N4CCC5(CCCN5)C4)c4cn(C)nc34)nc2c(C)n1. The number of hydrogen-bond acceptors (Lipinski definition) is 6. The van der Waals surface area contributed by atoms with Crippen molar-refractivity contribution in [3.05, 3.63) is 47.7 Å². The molecule has 2 fully saturated rings. The summed E-state index contributed by atoms with van der Waals surface area (Å²) in [4.78, 5) is 24.7. The average molecular weight is 445 g/mol. The Bertz CT molecular complexity index is 1390. The minimum Gasteiger partial charge on any atom is -0.369 e. The van der Waals surface area contributed by atoms with Gasteiger partial charge in [0.1, 0.15) is 5.52 Å². The molecular formula is C24H28N8O. The van der Waals surface area contributed by atoms with Gasteiger partial charge in [-0.05, 0) is 51.8 Å². The maximum absolute atomic E-state index is 13.3. The van der Waals surface area contributed by atoms with Crippen molar-refractivity contribution in [2.45, 2.75) is 38.6 Å². The first-order chi connectivity index (χ1) is 15.9. The van der Waals surface area contributed by atoms with Gasteiger partial charge in [0.25, 0.3) is 5.91 Å². The topological polar surface area (TPSA) is 92.4 Å². The second kappa shape index (κ2) is 7.28. The molecule has 1 amide bonds. The number of anilines is 2. The van der Waals surface area contributed by atoms with Gasteiger partial charge in [-0.2, -0.15) is 5.10 Å². The van der Waals surface area contributed by atoms with Crippen molar-refractivity contribution in [2.75, 3.05) is 29.9 Å². The summed E-state index contributed by atoms with van der Waals surface area (Å²) in [6, 6.07) is 3.95. The average Bonchev–Trinajstić information content (AvgIpc) is 3.55. The number of carbonyl (C=O) groups excluding carboxylic acids is 1. The van der Waals surface area contributed by atoms with E-state index in [4.69, 9.17) is 0 Å². The molecule has 9 heteroatoms. The van der Waals surface area contributed by atoms with Gasteiger partial charge in [0, 0.05) is 49.1 Å². The molecule has 1 spiro atoms. The van der Waals surface area contributed by atoms with Crippen molar-refractivity contribution >= 4 is 34.0 Å². The lowest BCUT2D eigenvalue weighted by Gasteiger charge is -2.25. The Morgan fingerprint density at radius 2 is 2.03 bits per heavy atom. The molecule has 170 valence electrons. The number of aromatic nitrogens is 5. The van der Waals surface area contributed by atoms with Crippen LogP contribution < -0.4 is 15.5 Å². The van der Waals surface area contributed by atoms with Crippen LogP contribution in [0.5, 0.6) is 0 Å². The molecule has 4 aromatic rings. The van der Waals surface area contributed by atoms with Gasteiger partial charge in [0.15, 0.2) is 11.5 Å². The van der Waals surface area contributed by atoms with E-state index in [-0.39, 0.29) is 11.4 Å². The van der Waals surface area contributed by atoms with Gasteiger partial charge >= 0.3 is 0 Å². The lowest BCUT2D eigenvalue weighted by atomic mass is 9.97. The maximum Gasteiger partial charge on any atom is 0.259 e. The summed E-state index contributed by atoms with van der Waals surface area (Å²) in [7, 11) is 1.90. The van der Waals surface area contributed by atoms with Crippen LogP contribution in [0.2, 0.25) is 0 Å². The Labute approximate surface area is 191 Å². The highest BCUT2D eigenvalue weighted by molar-refractivity contribution is 6.13. The molecule has 5 heterocycles. The number of hydrogen-bond donors (Lipinski definition) is 2. The van der Waals surface area contributed by atoms with E-state index in [1.54, 1.807) is 4.68 Å². The molecule has 1 aromatic carbocycles. The maximum atomic E-state index is 13.3. The van der Waals surface area contributed by atoms with Crippen LogP contribution in [0.4, 0.5) is 11.5 Å². The molecule has 0 radical (unpaired) electrons. The second-order valence-electron chi connectivity index (χ2n) is 9.46. The molecule has 0 bridgehead atoms. The number of carbonyl (C=O) groups is 1. The third-order valence-corrected chi connectivity index (χ3v) is 7.01. The Kier molecular flexibility index (Phi) is 4.45. The zero-order valence-corrected chi connectivity index (χ0v) is 19.2. The van der Waals surface area contributed by atoms with Crippen molar-refractivity contribution < 1.29 is 4.79 Å². The van der Waals surface area contributed by atoms with Gasteiger partial charge < -0.3 is 19.9 Å². The van der Waals surface area contributed by atoms with E-state index in [2.05, 4.69) is 36.7 Å². The van der Waals surface area contributed by atoms with Crippen LogP contribution in [0.25, 0.3) is 16.6 Å². The Balaban J connectivity index is 1.32. The molecule has 2 saturated heterocycles. The largest absolute Gasteiger partial charge is 0.369 e. The molecule has 0 aliphatic carbocycles. The zero-order chi connectivity index (χ0) is 22.7. The van der Waals surface area contributed by atoms with Crippen LogP contribution in [-0.4, -0.2) is 55.2 Å². The molecule has 9 nitrogen and oxygen atoms in total. The molecule has 2 aliphatic rings. The molecular weight excluding hydrogens is 416 g/mol. The first-order valence-corrected chi connectivity index (χ1v) is 11.5. The summed E-state index contributed by atoms with van der Waals surface area (Å²) in [6.45, 7) is 6.97. The Morgan fingerprint density at radius 3 is 2.85 bits per heavy atom. The fraction of sp³-hybridized carbons (Fsp3) is 0.417. The minimum absolute atomic E-state index is 0.216. The normalized spacial score (nSPS) is 20.5. The van der Waals surface area contributed by atoms with Gasteiger partial charge in [0.2, 0.25) is 0 Å². The first kappa shape index (κ1) is 20.2. The standard InChI is InChI=1S/C24H28N8O/c1-15-11-32-13-20(27-22(32)16(2)26-15)28-23(33)17-5-6-19(18-12-30(3)29-21(17)18)31-10-8-24(14-31)7-4-9-25-24/h5-6,11-13,25H,4,7-10,14H2,1-3H3,(H,28,33). The molecule has 0 saturated carbocycles. The quantitative estimate of drug-likeness (QED) is 0.505. The highest BCUT2D eigenvalue weighted by Gasteiger charge is 2.40. The number of nitrogens with one attached hydrogen (secondary N) is 2. The lowest BCUT2D eigenvalue weighted by Crippen LogP contribution is -2.42. The summed E-state index contributed by atoms with van der Waals surface area (Å²) in [5.41, 5.74) is 5.10. The number of benzene rings is 1. The monoisotopic (exact) mass is 444 g/mol. The molecule has 1 unspecified atom stereocenters. The van der Waals surface area contributed by atoms with Crippen LogP contribution in [0, 0.1) is 13.8 Å². The minimum atomic E-state index is -0.216. The third-order valence-electron chi connectivity index (χ3n) is 7.01. The Morgan fingerprint density at radius 1 is 1.15 bits per heavy atom. The van der Waals surface area contributed by atoms with E-state index in [1.807, 2.05) is 50.0 Å². The van der Waals surface area contributed by atoms with Gasteiger partial charge in [-0.3, -0.25) is 14.5 Å². The number of fused-ring (bicyclic) bond motifs is 2. The number of aryl methyl sites for hydroxylation is 3. The predicted molar refractivity (Wildman–Crippen MR) is 128 cm³/mol. The van der Waals surface area contributed by atoms with E-state index < -0.39 is 0 Å². The van der Waals surface area contributed by atoms with Crippen LogP contribution in [0.3, 0.4) is 0 Å². The summed E-state index contributed by atoms with van der Waals surface area (Å²) in [5, 5.41) is 12.3. The van der Waals surface area contributed by atoms with Gasteiger partial charge in [-0.25, -0.2) is 4.98 Å². The van der Waals surface area contributed by atoms with Crippen molar-refractivity contribution in [1.82, 2.24) is 29.5 Å². The second-order valence-corrected chi connectivity index (χ2v) is 9.46. The summed E-state index contributed by atoms with van der Waals surface area (Å²) >= 11 is 0. The van der Waals surface area contributed by atoms with Crippen molar-refractivity contribution in [3.63, 3.8) is 0 Å². The van der Waals surface area contributed by atoms with Gasteiger partial charge in [-0.1, -0.05) is 0 Å². The fourth-order valence-corrected chi connectivity index (χ4v) is 5.51. The smallest absolute Gasteiger partial charge is 0.259 e. The fourth-order valence-electron chi connectivity index (χ4n) is 5.51. The highest BCUT2D eigenvalue weighted by atomic mass is 16.1. The van der Waals surface area contributed by atoms with Crippen LogP contribution in [0.1, 0.15) is 41.0 Å². The molecule has 2 aliphatic heterocycles. The zero-order valence-electron chi connectivity index (χ0n) is 19.2. The third kappa shape index (κ3) is 3.34. The number of imidazole rings is 1. The van der Waals surface area contributed by atoms with Crippen molar-refractivity contribution in [3.8, 4) is 0 Å². The van der Waals surface area contributed by atoms with Crippen LogP contribution in [-0.2, 0) is 7.05 Å². The highest BCUT2D eigenvalue weighted by Crippen LogP contribution is 2.37. The Hall–Kier alpha value is -3.46. The van der Waals surface area contributed by atoms with Crippen LogP contribution in [0.15, 0.2) is 30.7 Å². The van der Waals surface area contributed by atoms with E-state index >= 15 is 0 Å². The molecule has 2 N–H and O–H groups in total. The summed E-state index contributed by atoms with van der Waals surface area (Å²) < 4.78 is 3.68. The van der Waals surface area contributed by atoms with E-state index in [9.17, 15) is 4.79 Å². The van der Waals surface area contributed by atoms with Gasteiger partial charge in [0.05, 0.1) is 23.1 Å². The summed E-state index contributed by atoms with van der Waals surface area (Å²) in [6.07, 6.45) is 9.35. The summed E-state index contributed by atoms with van der Waals surface area (Å²) in [5.74, 6) is 0.281. The number of nitrogens with zero attached hydrogens (tertiary/aromatic N) is 6. The molecule has 33 heavy (non-hydrogen) atoms. The lowest BCUT2D eigenvalue weighted by molar-refractivity contribution is 0.102. The van der Waals surface area contributed by atoms with E-state index in [0.717, 1.165) is 54.2 Å². The number of rotatable bonds is 3. The first-order valence-electron chi connectivity index (χ1n) is 11.5. The van der Waals surface area contributed by atoms with E-state index in [0.29, 0.717) is 16.9 Å². The predicted octanol–water partition coefficient (Wildman–Crippen LogP) is 2.82. The van der Waals surface area contributed by atoms with E-state index in [1.165, 1.54) is 12.8 Å². The molecule has 3 aromatic heterocycles. The van der Waals surface area contributed by atoms with Gasteiger partial charge in [-0.15, -0.1) is 0 Å².